The number of terminal acetylenes is 1. The summed E-state index contributed by atoms with van der Waals surface area (Å²) < 4.78 is 37.3. The monoisotopic (exact) mass is 503 g/mol. The summed E-state index contributed by atoms with van der Waals surface area (Å²) in [6.07, 6.45) is 6.62. The van der Waals surface area contributed by atoms with Gasteiger partial charge >= 0.3 is 5.97 Å². The third kappa shape index (κ3) is 25.3. The molecule has 0 aromatic rings. The van der Waals surface area contributed by atoms with Gasteiger partial charge in [0.1, 0.15) is 24.0 Å². The third-order valence-electron chi connectivity index (χ3n) is 4.23. The molecule has 0 aliphatic carbocycles. The minimum atomic E-state index is -0.779. The summed E-state index contributed by atoms with van der Waals surface area (Å²) >= 11 is 0. The van der Waals surface area contributed by atoms with Crippen LogP contribution in [0.1, 0.15) is 46.5 Å². The van der Waals surface area contributed by atoms with Crippen molar-refractivity contribution in [3.05, 3.63) is 0 Å². The highest BCUT2D eigenvalue weighted by atomic mass is 16.6. The fourth-order valence-electron chi connectivity index (χ4n) is 2.54. The number of carbonyl (C=O) groups excluding carboxylic acids is 2. The van der Waals surface area contributed by atoms with Gasteiger partial charge in [0.05, 0.1) is 66.1 Å². The number of esters is 1. The Balaban J connectivity index is 3.32. The van der Waals surface area contributed by atoms with Crippen molar-refractivity contribution >= 4 is 11.8 Å². The van der Waals surface area contributed by atoms with Crippen LogP contribution in [-0.2, 0) is 42.7 Å². The fourth-order valence-corrected chi connectivity index (χ4v) is 2.54. The van der Waals surface area contributed by atoms with Crippen LogP contribution >= 0.6 is 0 Å². The highest BCUT2D eigenvalue weighted by molar-refractivity contribution is 5.80. The zero-order chi connectivity index (χ0) is 26.2. The van der Waals surface area contributed by atoms with Crippen LogP contribution in [0.5, 0.6) is 0 Å². The predicted octanol–water partition coefficient (Wildman–Crippen LogP) is 1.52. The van der Waals surface area contributed by atoms with Crippen molar-refractivity contribution in [3.63, 3.8) is 0 Å². The Morgan fingerprint density at radius 1 is 0.743 bits per heavy atom. The molecule has 2 N–H and O–H groups in total. The number of hydrogen-bond donors (Lipinski definition) is 1. The Hall–Kier alpha value is -1.58. The summed E-state index contributed by atoms with van der Waals surface area (Å²) in [5, 5.41) is 0. The van der Waals surface area contributed by atoms with Crippen molar-refractivity contribution in [1.82, 2.24) is 0 Å². The fraction of sp³-hybridized carbons (Fsp3) is 0.840. The minimum Gasteiger partial charge on any atom is -0.459 e. The number of carbonyl (C=O) groups is 2. The van der Waals surface area contributed by atoms with Gasteiger partial charge in [0.25, 0.3) is 0 Å². The van der Waals surface area contributed by atoms with Gasteiger partial charge in [-0.3, -0.25) is 9.59 Å². The van der Waals surface area contributed by atoms with Gasteiger partial charge in [-0.15, -0.1) is 6.42 Å². The Kier molecular flexibility index (Phi) is 21.8. The Labute approximate surface area is 210 Å². The van der Waals surface area contributed by atoms with E-state index in [1.165, 1.54) is 0 Å². The van der Waals surface area contributed by atoms with E-state index in [-0.39, 0.29) is 18.6 Å². The lowest BCUT2D eigenvalue weighted by Gasteiger charge is -2.22. The Bertz CT molecular complexity index is 572. The predicted molar refractivity (Wildman–Crippen MR) is 131 cm³/mol. The van der Waals surface area contributed by atoms with E-state index in [1.807, 2.05) is 0 Å². The van der Waals surface area contributed by atoms with Gasteiger partial charge in [0, 0.05) is 19.4 Å². The first-order valence-corrected chi connectivity index (χ1v) is 12.2. The molecule has 10 nitrogen and oxygen atoms in total. The second-order valence-corrected chi connectivity index (χ2v) is 8.64. The molecule has 1 atom stereocenters. The van der Waals surface area contributed by atoms with E-state index in [0.717, 1.165) is 0 Å². The SMILES string of the molecule is C#CCOCCOCCOCCOCCOCCOCCCC(=O)CC[C@@H](N)C(=O)OC(C)(C)C. The van der Waals surface area contributed by atoms with E-state index in [9.17, 15) is 9.59 Å². The Morgan fingerprint density at radius 2 is 1.17 bits per heavy atom. The number of ether oxygens (including phenoxy) is 7. The second kappa shape index (κ2) is 22.9. The quantitative estimate of drug-likeness (QED) is 0.118. The van der Waals surface area contributed by atoms with E-state index < -0.39 is 17.6 Å². The number of hydrogen-bond acceptors (Lipinski definition) is 10. The van der Waals surface area contributed by atoms with Gasteiger partial charge in [0.2, 0.25) is 0 Å². The zero-order valence-corrected chi connectivity index (χ0v) is 21.7. The molecule has 0 saturated heterocycles. The van der Waals surface area contributed by atoms with Crippen LogP contribution in [0.2, 0.25) is 0 Å². The van der Waals surface area contributed by atoms with Crippen molar-refractivity contribution in [3.8, 4) is 12.3 Å². The molecule has 0 spiro atoms. The highest BCUT2D eigenvalue weighted by Crippen LogP contribution is 2.10. The normalized spacial score (nSPS) is 12.3. The molecule has 0 heterocycles. The molecule has 10 heteroatoms. The summed E-state index contributed by atoms with van der Waals surface area (Å²) in [7, 11) is 0. The Morgan fingerprint density at radius 3 is 1.60 bits per heavy atom. The standard InChI is InChI=1S/C25H45NO9/c1-5-10-29-12-14-31-16-18-33-20-21-34-19-17-32-15-13-30-11-6-7-22(27)8-9-23(26)24(28)35-25(2,3)4/h1,23H,6-21,26H2,2-4H3/t23-/m1/s1. The number of rotatable bonds is 24. The van der Waals surface area contributed by atoms with Crippen LogP contribution in [-0.4, -0.2) is 103 Å². The average molecular weight is 504 g/mol. The topological polar surface area (TPSA) is 125 Å². The molecule has 0 rings (SSSR count). The summed E-state index contributed by atoms with van der Waals surface area (Å²) in [6.45, 7) is 10.9. The van der Waals surface area contributed by atoms with E-state index in [1.54, 1.807) is 20.8 Å². The van der Waals surface area contributed by atoms with Gasteiger partial charge in [-0.1, -0.05) is 5.92 Å². The zero-order valence-electron chi connectivity index (χ0n) is 21.7. The van der Waals surface area contributed by atoms with E-state index in [4.69, 9.17) is 45.3 Å². The van der Waals surface area contributed by atoms with Crippen molar-refractivity contribution in [2.75, 3.05) is 79.3 Å². The maximum Gasteiger partial charge on any atom is 0.323 e. The van der Waals surface area contributed by atoms with Crippen LogP contribution < -0.4 is 5.73 Å². The largest absolute Gasteiger partial charge is 0.459 e. The molecule has 0 aromatic heterocycles. The van der Waals surface area contributed by atoms with Crippen molar-refractivity contribution in [2.45, 2.75) is 58.1 Å². The lowest BCUT2D eigenvalue weighted by Crippen LogP contribution is -2.37. The molecular weight excluding hydrogens is 458 g/mol. The molecule has 0 aliphatic rings. The molecule has 0 bridgehead atoms. The molecule has 0 unspecified atom stereocenters. The first kappa shape index (κ1) is 33.4. The van der Waals surface area contributed by atoms with Gasteiger partial charge in [-0.2, -0.15) is 0 Å². The molecule has 0 radical (unpaired) electrons. The second-order valence-electron chi connectivity index (χ2n) is 8.64. The van der Waals surface area contributed by atoms with E-state index >= 15 is 0 Å². The van der Waals surface area contributed by atoms with Gasteiger partial charge in [0.15, 0.2) is 0 Å². The first-order valence-electron chi connectivity index (χ1n) is 12.2. The molecule has 0 amide bonds. The average Bonchev–Trinajstić information content (AvgIpc) is 2.80. The molecule has 0 saturated carbocycles. The van der Waals surface area contributed by atoms with Crippen LogP contribution in [0.15, 0.2) is 0 Å². The molecule has 35 heavy (non-hydrogen) atoms. The first-order chi connectivity index (χ1) is 16.8. The lowest BCUT2D eigenvalue weighted by atomic mass is 10.1. The van der Waals surface area contributed by atoms with Gasteiger partial charge in [-0.05, 0) is 33.6 Å². The minimum absolute atomic E-state index is 0.0585. The molecule has 0 aromatic carbocycles. The van der Waals surface area contributed by atoms with Crippen LogP contribution in [0, 0.1) is 12.3 Å². The van der Waals surface area contributed by atoms with Crippen LogP contribution in [0.25, 0.3) is 0 Å². The van der Waals surface area contributed by atoms with Gasteiger partial charge in [-0.25, -0.2) is 0 Å². The van der Waals surface area contributed by atoms with E-state index in [2.05, 4.69) is 5.92 Å². The number of nitrogens with two attached hydrogens (primary N) is 1. The maximum absolute atomic E-state index is 11.9. The molecule has 204 valence electrons. The number of ketones is 1. The summed E-state index contributed by atoms with van der Waals surface area (Å²) in [4.78, 5) is 23.7. The summed E-state index contributed by atoms with van der Waals surface area (Å²) in [5.74, 6) is 1.97. The smallest absolute Gasteiger partial charge is 0.323 e. The third-order valence-corrected chi connectivity index (χ3v) is 4.23. The molecule has 0 fully saturated rings. The number of Topliss-reactive ketones (excluding diaryl/α,β-unsaturated/α-hetero) is 1. The highest BCUT2D eigenvalue weighted by Gasteiger charge is 2.22. The summed E-state index contributed by atoms with van der Waals surface area (Å²) in [6, 6.07) is -0.779. The van der Waals surface area contributed by atoms with Crippen molar-refractivity contribution in [1.29, 1.82) is 0 Å². The molecule has 0 aliphatic heterocycles. The van der Waals surface area contributed by atoms with Gasteiger partial charge < -0.3 is 38.9 Å². The lowest BCUT2D eigenvalue weighted by molar-refractivity contribution is -0.156. The maximum atomic E-state index is 11.9. The van der Waals surface area contributed by atoms with Crippen molar-refractivity contribution in [2.24, 2.45) is 5.73 Å². The summed E-state index contributed by atoms with van der Waals surface area (Å²) in [5.41, 5.74) is 5.20. The van der Waals surface area contributed by atoms with Crippen molar-refractivity contribution < 1.29 is 42.7 Å². The molecular formula is C25H45NO9. The van der Waals surface area contributed by atoms with Crippen LogP contribution in [0.3, 0.4) is 0 Å². The van der Waals surface area contributed by atoms with Crippen LogP contribution in [0.4, 0.5) is 0 Å². The van der Waals surface area contributed by atoms with E-state index in [0.29, 0.717) is 92.1 Å².